The van der Waals surface area contributed by atoms with Crippen molar-refractivity contribution in [3.05, 3.63) is 29.3 Å². The van der Waals surface area contributed by atoms with Gasteiger partial charge in [-0.15, -0.1) is 0 Å². The van der Waals surface area contributed by atoms with Crippen LogP contribution in [0, 0.1) is 17.2 Å². The SMILES string of the molecule is CCc1cccc(CC)c1NC1CCCCCC1C#N. The molecule has 0 heterocycles. The number of aryl methyl sites for hydroxylation is 2. The van der Waals surface area contributed by atoms with Crippen molar-refractivity contribution in [2.24, 2.45) is 5.92 Å². The fourth-order valence-electron chi connectivity index (χ4n) is 3.25. The largest absolute Gasteiger partial charge is 0.381 e. The van der Waals surface area contributed by atoms with Gasteiger partial charge in [-0.1, -0.05) is 51.3 Å². The zero-order valence-corrected chi connectivity index (χ0v) is 12.8. The van der Waals surface area contributed by atoms with Gasteiger partial charge in [-0.05, 0) is 36.8 Å². The summed E-state index contributed by atoms with van der Waals surface area (Å²) in [6.45, 7) is 4.41. The number of nitrogens with one attached hydrogen (secondary N) is 1. The number of hydrogen-bond acceptors (Lipinski definition) is 2. The highest BCUT2D eigenvalue weighted by molar-refractivity contribution is 5.58. The minimum absolute atomic E-state index is 0.159. The number of anilines is 1. The monoisotopic (exact) mass is 270 g/mol. The van der Waals surface area contributed by atoms with Crippen LogP contribution in [0.4, 0.5) is 5.69 Å². The second kappa shape index (κ2) is 7.33. The Morgan fingerprint density at radius 1 is 1.10 bits per heavy atom. The van der Waals surface area contributed by atoms with Gasteiger partial charge in [0.25, 0.3) is 0 Å². The molecule has 1 N–H and O–H groups in total. The Kier molecular flexibility index (Phi) is 5.47. The Bertz CT molecular complexity index is 451. The first-order valence-corrected chi connectivity index (χ1v) is 8.07. The van der Waals surface area contributed by atoms with Gasteiger partial charge in [-0.3, -0.25) is 0 Å². The zero-order valence-electron chi connectivity index (χ0n) is 12.8. The molecule has 2 heteroatoms. The summed E-state index contributed by atoms with van der Waals surface area (Å²) < 4.78 is 0. The molecule has 2 atom stereocenters. The van der Waals surface area contributed by atoms with Crippen molar-refractivity contribution in [3.63, 3.8) is 0 Å². The molecule has 0 aromatic heterocycles. The van der Waals surface area contributed by atoms with Crippen molar-refractivity contribution < 1.29 is 0 Å². The van der Waals surface area contributed by atoms with Crippen LogP contribution in [-0.4, -0.2) is 6.04 Å². The van der Waals surface area contributed by atoms with Crippen LogP contribution < -0.4 is 5.32 Å². The van der Waals surface area contributed by atoms with Crippen LogP contribution in [0.1, 0.15) is 57.1 Å². The smallest absolute Gasteiger partial charge is 0.0677 e. The van der Waals surface area contributed by atoms with E-state index >= 15 is 0 Å². The summed E-state index contributed by atoms with van der Waals surface area (Å²) in [5.74, 6) is 0.159. The highest BCUT2D eigenvalue weighted by Gasteiger charge is 2.24. The normalized spacial score (nSPS) is 22.9. The quantitative estimate of drug-likeness (QED) is 0.805. The van der Waals surface area contributed by atoms with Gasteiger partial charge in [0.2, 0.25) is 0 Å². The van der Waals surface area contributed by atoms with Crippen LogP contribution >= 0.6 is 0 Å². The molecule has 0 aliphatic heterocycles. The summed E-state index contributed by atoms with van der Waals surface area (Å²) in [5, 5.41) is 13.2. The van der Waals surface area contributed by atoms with E-state index in [0.29, 0.717) is 6.04 Å². The van der Waals surface area contributed by atoms with Crippen LogP contribution in [0.5, 0.6) is 0 Å². The Balaban J connectivity index is 2.25. The van der Waals surface area contributed by atoms with Crippen molar-refractivity contribution in [2.75, 3.05) is 5.32 Å². The third kappa shape index (κ3) is 3.33. The summed E-state index contributed by atoms with van der Waals surface area (Å²) in [5.41, 5.74) is 4.06. The predicted molar refractivity (Wildman–Crippen MR) is 84.8 cm³/mol. The lowest BCUT2D eigenvalue weighted by atomic mass is 9.94. The van der Waals surface area contributed by atoms with Crippen molar-refractivity contribution in [2.45, 2.75) is 64.8 Å². The first-order chi connectivity index (χ1) is 9.80. The summed E-state index contributed by atoms with van der Waals surface area (Å²) in [7, 11) is 0. The molecule has 2 unspecified atom stereocenters. The van der Waals surface area contributed by atoms with Gasteiger partial charge >= 0.3 is 0 Å². The molecule has 0 bridgehead atoms. The maximum Gasteiger partial charge on any atom is 0.0677 e. The topological polar surface area (TPSA) is 35.8 Å². The summed E-state index contributed by atoms with van der Waals surface area (Å²) in [6, 6.07) is 9.41. The lowest BCUT2D eigenvalue weighted by molar-refractivity contribution is 0.513. The van der Waals surface area contributed by atoms with Gasteiger partial charge < -0.3 is 5.32 Å². The molecule has 2 nitrogen and oxygen atoms in total. The summed E-state index contributed by atoms with van der Waals surface area (Å²) in [6.07, 6.45) is 7.97. The number of nitriles is 1. The maximum atomic E-state index is 9.43. The molecular weight excluding hydrogens is 244 g/mol. The van der Waals surface area contributed by atoms with Gasteiger partial charge in [0.1, 0.15) is 0 Å². The second-order valence-corrected chi connectivity index (χ2v) is 5.78. The molecule has 1 aromatic carbocycles. The van der Waals surface area contributed by atoms with Crippen LogP contribution in [-0.2, 0) is 12.8 Å². The zero-order chi connectivity index (χ0) is 14.4. The first kappa shape index (κ1) is 14.9. The highest BCUT2D eigenvalue weighted by atomic mass is 14.9. The molecule has 1 saturated carbocycles. The second-order valence-electron chi connectivity index (χ2n) is 5.78. The van der Waals surface area contributed by atoms with E-state index in [4.69, 9.17) is 0 Å². The van der Waals surface area contributed by atoms with Crippen molar-refractivity contribution in [3.8, 4) is 6.07 Å². The average molecular weight is 270 g/mol. The Morgan fingerprint density at radius 3 is 2.35 bits per heavy atom. The van der Waals surface area contributed by atoms with Crippen LogP contribution in [0.3, 0.4) is 0 Å². The molecule has 1 aromatic rings. The van der Waals surface area contributed by atoms with Gasteiger partial charge in [-0.2, -0.15) is 5.26 Å². The fraction of sp³-hybridized carbons (Fsp3) is 0.611. The van der Waals surface area contributed by atoms with E-state index in [0.717, 1.165) is 25.7 Å². The number of rotatable bonds is 4. The third-order valence-corrected chi connectivity index (χ3v) is 4.51. The van der Waals surface area contributed by atoms with E-state index in [9.17, 15) is 5.26 Å². The van der Waals surface area contributed by atoms with E-state index in [1.807, 2.05) is 0 Å². The molecular formula is C18H26N2. The van der Waals surface area contributed by atoms with Gasteiger partial charge in [0, 0.05) is 11.7 Å². The van der Waals surface area contributed by atoms with E-state index in [2.05, 4.69) is 43.4 Å². The highest BCUT2D eigenvalue weighted by Crippen LogP contribution is 2.29. The van der Waals surface area contributed by atoms with Crippen molar-refractivity contribution in [1.29, 1.82) is 5.26 Å². The third-order valence-electron chi connectivity index (χ3n) is 4.51. The van der Waals surface area contributed by atoms with Crippen LogP contribution in [0.15, 0.2) is 18.2 Å². The van der Waals surface area contributed by atoms with Gasteiger partial charge in [0.05, 0.1) is 12.0 Å². The Labute approximate surface area is 123 Å². The molecule has 1 fully saturated rings. The van der Waals surface area contributed by atoms with Crippen molar-refractivity contribution >= 4 is 5.69 Å². The number of benzene rings is 1. The maximum absolute atomic E-state index is 9.43. The standard InChI is InChI=1S/C18H26N2/c1-3-14-10-8-11-15(4-2)18(14)20-17-12-7-5-6-9-16(17)13-19/h8,10-11,16-17,20H,3-7,9,12H2,1-2H3. The first-order valence-electron chi connectivity index (χ1n) is 8.07. The molecule has 0 saturated heterocycles. The van der Waals surface area contributed by atoms with Crippen LogP contribution in [0.25, 0.3) is 0 Å². The lowest BCUT2D eigenvalue weighted by Crippen LogP contribution is -2.28. The molecule has 1 aliphatic carbocycles. The minimum atomic E-state index is 0.159. The molecule has 20 heavy (non-hydrogen) atoms. The minimum Gasteiger partial charge on any atom is -0.381 e. The lowest BCUT2D eigenvalue weighted by Gasteiger charge is -2.25. The summed E-state index contributed by atoms with van der Waals surface area (Å²) >= 11 is 0. The molecule has 1 aliphatic rings. The predicted octanol–water partition coefficient (Wildman–Crippen LogP) is 4.70. The van der Waals surface area contributed by atoms with E-state index < -0.39 is 0 Å². The molecule has 108 valence electrons. The van der Waals surface area contributed by atoms with E-state index in [-0.39, 0.29) is 5.92 Å². The van der Waals surface area contributed by atoms with E-state index in [1.165, 1.54) is 36.1 Å². The molecule has 0 spiro atoms. The van der Waals surface area contributed by atoms with Gasteiger partial charge in [0.15, 0.2) is 0 Å². The number of nitrogens with zero attached hydrogens (tertiary/aromatic N) is 1. The molecule has 2 rings (SSSR count). The van der Waals surface area contributed by atoms with E-state index in [1.54, 1.807) is 0 Å². The Morgan fingerprint density at radius 2 is 1.75 bits per heavy atom. The van der Waals surface area contributed by atoms with Crippen LogP contribution in [0.2, 0.25) is 0 Å². The number of hydrogen-bond donors (Lipinski definition) is 1. The summed E-state index contributed by atoms with van der Waals surface area (Å²) in [4.78, 5) is 0. The molecule has 0 amide bonds. The Hall–Kier alpha value is -1.49. The average Bonchev–Trinajstić information content (AvgIpc) is 2.72. The fourth-order valence-corrected chi connectivity index (χ4v) is 3.25. The number of para-hydroxylation sites is 1. The van der Waals surface area contributed by atoms with Crippen molar-refractivity contribution in [1.82, 2.24) is 0 Å². The molecule has 0 radical (unpaired) electrons. The van der Waals surface area contributed by atoms with Gasteiger partial charge in [-0.25, -0.2) is 0 Å².